The molecule has 1 aromatic heterocycles. The maximum Gasteiger partial charge on any atom is 0.0954 e. The number of rotatable bonds is 1. The Hall–Kier alpha value is -0.830. The molecule has 1 aliphatic heterocycles. The number of aryl methyl sites for hydroxylation is 1. The van der Waals surface area contributed by atoms with E-state index in [0.29, 0.717) is 6.04 Å². The summed E-state index contributed by atoms with van der Waals surface area (Å²) < 4.78 is 8.68. The van der Waals surface area contributed by atoms with Gasteiger partial charge in [-0.3, -0.25) is 0 Å². The summed E-state index contributed by atoms with van der Waals surface area (Å²) in [6.07, 6.45) is 14.9. The van der Waals surface area contributed by atoms with Gasteiger partial charge < -0.3 is 9.30 Å². The number of fused-ring (bicyclic) bond motifs is 1. The van der Waals surface area contributed by atoms with Crippen LogP contribution in [0.5, 0.6) is 0 Å². The van der Waals surface area contributed by atoms with Gasteiger partial charge in [0.25, 0.3) is 0 Å². The first kappa shape index (κ1) is 12.0. The van der Waals surface area contributed by atoms with Gasteiger partial charge in [0.15, 0.2) is 0 Å². The minimum absolute atomic E-state index is 0.217. The normalized spacial score (nSPS) is 29.6. The molecule has 2 heterocycles. The molecule has 0 amide bonds. The summed E-state index contributed by atoms with van der Waals surface area (Å²) >= 11 is 0. The van der Waals surface area contributed by atoms with Crippen molar-refractivity contribution in [3.63, 3.8) is 0 Å². The van der Waals surface area contributed by atoms with E-state index in [1.54, 1.807) is 0 Å². The van der Waals surface area contributed by atoms with Crippen molar-refractivity contribution in [3.05, 3.63) is 17.7 Å². The van der Waals surface area contributed by atoms with Gasteiger partial charge in [-0.25, -0.2) is 4.98 Å². The molecule has 4 rings (SSSR count). The zero-order chi connectivity index (χ0) is 12.7. The maximum absolute atomic E-state index is 6.17. The summed E-state index contributed by atoms with van der Waals surface area (Å²) in [6, 6.07) is 0.640. The summed E-state index contributed by atoms with van der Waals surface area (Å²) in [4.78, 5) is 4.67. The first-order valence-electron chi connectivity index (χ1n) is 8.05. The lowest BCUT2D eigenvalue weighted by atomic mass is 9.88. The molecule has 1 saturated carbocycles. The molecule has 3 aliphatic rings. The van der Waals surface area contributed by atoms with Crippen molar-refractivity contribution in [1.29, 1.82) is 0 Å². The van der Waals surface area contributed by atoms with E-state index in [0.717, 1.165) is 6.61 Å². The number of hydrogen-bond donors (Lipinski definition) is 0. The standard InChI is InChI=1S/C16H24N2O/c1-2-6-15-14(5-1)17-12-18(15)13-7-10-19-16(11-13)8-3-4-9-16/h12-13H,1-11H2. The van der Waals surface area contributed by atoms with Crippen LogP contribution in [-0.4, -0.2) is 21.8 Å². The first-order valence-corrected chi connectivity index (χ1v) is 8.05. The van der Waals surface area contributed by atoms with Gasteiger partial charge in [0.05, 0.1) is 17.6 Å². The van der Waals surface area contributed by atoms with E-state index in [9.17, 15) is 0 Å². The molecule has 1 saturated heterocycles. The predicted molar refractivity (Wildman–Crippen MR) is 74.3 cm³/mol. The molecule has 1 spiro atoms. The smallest absolute Gasteiger partial charge is 0.0954 e. The quantitative estimate of drug-likeness (QED) is 0.773. The van der Waals surface area contributed by atoms with Crippen LogP contribution >= 0.6 is 0 Å². The zero-order valence-corrected chi connectivity index (χ0v) is 11.7. The number of ether oxygens (including phenoxy) is 1. The second kappa shape index (κ2) is 4.62. The second-order valence-corrected chi connectivity index (χ2v) is 6.64. The fourth-order valence-electron chi connectivity index (χ4n) is 4.41. The minimum Gasteiger partial charge on any atom is -0.375 e. The Morgan fingerprint density at radius 2 is 2.00 bits per heavy atom. The number of hydrogen-bond acceptors (Lipinski definition) is 2. The highest BCUT2D eigenvalue weighted by Crippen LogP contribution is 2.44. The maximum atomic E-state index is 6.17. The van der Waals surface area contributed by atoms with Crippen LogP contribution in [0.2, 0.25) is 0 Å². The minimum atomic E-state index is 0.217. The van der Waals surface area contributed by atoms with E-state index in [1.807, 2.05) is 0 Å². The largest absolute Gasteiger partial charge is 0.375 e. The van der Waals surface area contributed by atoms with Gasteiger partial charge in [0.1, 0.15) is 0 Å². The van der Waals surface area contributed by atoms with Gasteiger partial charge in [-0.05, 0) is 51.4 Å². The van der Waals surface area contributed by atoms with E-state index in [1.165, 1.54) is 75.6 Å². The molecule has 19 heavy (non-hydrogen) atoms. The lowest BCUT2D eigenvalue weighted by Crippen LogP contribution is -2.38. The average molecular weight is 260 g/mol. The Labute approximate surface area is 115 Å². The molecule has 0 bridgehead atoms. The third kappa shape index (κ3) is 2.03. The molecule has 0 N–H and O–H groups in total. The Morgan fingerprint density at radius 1 is 1.16 bits per heavy atom. The highest BCUT2D eigenvalue weighted by Gasteiger charge is 2.40. The van der Waals surface area contributed by atoms with Crippen molar-refractivity contribution in [3.8, 4) is 0 Å². The lowest BCUT2D eigenvalue weighted by molar-refractivity contribution is -0.0897. The van der Waals surface area contributed by atoms with E-state index in [-0.39, 0.29) is 5.60 Å². The molecule has 0 radical (unpaired) electrons. The fourth-order valence-corrected chi connectivity index (χ4v) is 4.41. The van der Waals surface area contributed by atoms with Crippen molar-refractivity contribution >= 4 is 0 Å². The summed E-state index contributed by atoms with van der Waals surface area (Å²) in [6.45, 7) is 0.942. The van der Waals surface area contributed by atoms with Crippen LogP contribution in [0.1, 0.15) is 68.8 Å². The Balaban J connectivity index is 1.60. The Morgan fingerprint density at radius 3 is 2.89 bits per heavy atom. The number of aromatic nitrogens is 2. The molecular weight excluding hydrogens is 236 g/mol. The molecule has 104 valence electrons. The summed E-state index contributed by atoms with van der Waals surface area (Å²) in [7, 11) is 0. The molecule has 1 unspecified atom stereocenters. The van der Waals surface area contributed by atoms with Gasteiger partial charge in [0, 0.05) is 18.3 Å². The van der Waals surface area contributed by atoms with Crippen LogP contribution in [0, 0.1) is 0 Å². The molecule has 3 heteroatoms. The van der Waals surface area contributed by atoms with Gasteiger partial charge >= 0.3 is 0 Å². The molecule has 1 atom stereocenters. The molecular formula is C16H24N2O. The van der Waals surface area contributed by atoms with Gasteiger partial charge in [-0.15, -0.1) is 0 Å². The highest BCUT2D eigenvalue weighted by atomic mass is 16.5. The van der Waals surface area contributed by atoms with Crippen LogP contribution in [-0.2, 0) is 17.6 Å². The number of nitrogens with zero attached hydrogens (tertiary/aromatic N) is 2. The Kier molecular flexibility index (Phi) is 2.91. The van der Waals surface area contributed by atoms with Crippen molar-refractivity contribution < 1.29 is 4.74 Å². The van der Waals surface area contributed by atoms with E-state index in [2.05, 4.69) is 15.9 Å². The topological polar surface area (TPSA) is 27.1 Å². The third-order valence-electron chi connectivity index (χ3n) is 5.44. The van der Waals surface area contributed by atoms with Crippen molar-refractivity contribution in [2.45, 2.75) is 75.9 Å². The van der Waals surface area contributed by atoms with E-state index >= 15 is 0 Å². The zero-order valence-electron chi connectivity index (χ0n) is 11.7. The van der Waals surface area contributed by atoms with E-state index < -0.39 is 0 Å². The fraction of sp³-hybridized carbons (Fsp3) is 0.812. The van der Waals surface area contributed by atoms with Gasteiger partial charge in [-0.2, -0.15) is 0 Å². The SMILES string of the molecule is c1nc2c(n1C1CCOC3(CCCC3)C1)CCCC2. The summed E-state index contributed by atoms with van der Waals surface area (Å²) in [5, 5.41) is 0. The third-order valence-corrected chi connectivity index (χ3v) is 5.44. The van der Waals surface area contributed by atoms with Crippen LogP contribution in [0.3, 0.4) is 0 Å². The second-order valence-electron chi connectivity index (χ2n) is 6.64. The molecule has 1 aromatic rings. The van der Waals surface area contributed by atoms with Crippen LogP contribution in [0.15, 0.2) is 6.33 Å². The van der Waals surface area contributed by atoms with Crippen LogP contribution < -0.4 is 0 Å². The predicted octanol–water partition coefficient (Wildman–Crippen LogP) is 3.43. The first-order chi connectivity index (χ1) is 9.36. The van der Waals surface area contributed by atoms with Crippen molar-refractivity contribution in [1.82, 2.24) is 9.55 Å². The Bertz CT molecular complexity index is 459. The molecule has 2 aliphatic carbocycles. The monoisotopic (exact) mass is 260 g/mol. The van der Waals surface area contributed by atoms with E-state index in [4.69, 9.17) is 4.74 Å². The molecule has 0 aromatic carbocycles. The summed E-state index contributed by atoms with van der Waals surface area (Å²) in [5.41, 5.74) is 3.12. The molecule has 2 fully saturated rings. The van der Waals surface area contributed by atoms with Crippen LogP contribution in [0.4, 0.5) is 0 Å². The summed E-state index contributed by atoms with van der Waals surface area (Å²) in [5.74, 6) is 0. The molecule has 3 nitrogen and oxygen atoms in total. The van der Waals surface area contributed by atoms with Gasteiger partial charge in [-0.1, -0.05) is 12.8 Å². The van der Waals surface area contributed by atoms with Crippen LogP contribution in [0.25, 0.3) is 0 Å². The highest BCUT2D eigenvalue weighted by molar-refractivity contribution is 5.17. The number of imidazole rings is 1. The average Bonchev–Trinajstić information content (AvgIpc) is 3.06. The van der Waals surface area contributed by atoms with Crippen molar-refractivity contribution in [2.75, 3.05) is 6.61 Å². The van der Waals surface area contributed by atoms with Crippen molar-refractivity contribution in [2.24, 2.45) is 0 Å². The van der Waals surface area contributed by atoms with Gasteiger partial charge in [0.2, 0.25) is 0 Å². The lowest BCUT2D eigenvalue weighted by Gasteiger charge is -2.39.